The number of fused-ring (bicyclic) bond motifs is 1. The fourth-order valence-corrected chi connectivity index (χ4v) is 4.71. The largest absolute Gasteiger partial charge is 0.417 e. The highest BCUT2D eigenvalue weighted by atomic mass is 35.5. The topological polar surface area (TPSA) is 89.0 Å². The summed E-state index contributed by atoms with van der Waals surface area (Å²) in [5, 5.41) is -0.630. The number of sulfonamides is 1. The van der Waals surface area contributed by atoms with Crippen LogP contribution in [0.2, 0.25) is 5.02 Å². The molecule has 0 saturated carbocycles. The van der Waals surface area contributed by atoms with Gasteiger partial charge in [-0.3, -0.25) is 19.5 Å². The Balaban J connectivity index is 1.76. The van der Waals surface area contributed by atoms with Crippen molar-refractivity contribution in [3.8, 4) is 0 Å². The first-order valence-corrected chi connectivity index (χ1v) is 11.4. The van der Waals surface area contributed by atoms with Gasteiger partial charge in [-0.05, 0) is 42.8 Å². The van der Waals surface area contributed by atoms with Gasteiger partial charge in [-0.2, -0.15) is 13.2 Å². The van der Waals surface area contributed by atoms with Crippen LogP contribution in [0.5, 0.6) is 0 Å². The summed E-state index contributed by atoms with van der Waals surface area (Å²) in [7, 11) is -4.51. The SMILES string of the molecule is Cc1cnc(C(=O)c2ccnc3c2C=CC3)c(NS(=O)(=O)c2ccc(Cl)c(C(F)(F)F)c2)c1. The zero-order valence-corrected chi connectivity index (χ0v) is 18.5. The molecule has 0 spiro atoms. The summed E-state index contributed by atoms with van der Waals surface area (Å²) in [6.45, 7) is 1.63. The molecule has 4 rings (SSSR count). The Labute approximate surface area is 192 Å². The van der Waals surface area contributed by atoms with Gasteiger partial charge in [-0.1, -0.05) is 23.8 Å². The zero-order chi connectivity index (χ0) is 24.0. The second-order valence-corrected chi connectivity index (χ2v) is 9.40. The van der Waals surface area contributed by atoms with Gasteiger partial charge >= 0.3 is 6.18 Å². The maximum absolute atomic E-state index is 13.3. The van der Waals surface area contributed by atoms with Gasteiger partial charge < -0.3 is 0 Å². The van der Waals surface area contributed by atoms with Crippen molar-refractivity contribution in [2.75, 3.05) is 4.72 Å². The van der Waals surface area contributed by atoms with E-state index in [9.17, 15) is 26.4 Å². The highest BCUT2D eigenvalue weighted by Gasteiger charge is 2.35. The van der Waals surface area contributed by atoms with Gasteiger partial charge in [0.25, 0.3) is 10.0 Å². The van der Waals surface area contributed by atoms with E-state index in [-0.39, 0.29) is 16.9 Å². The van der Waals surface area contributed by atoms with Gasteiger partial charge in [0.05, 0.1) is 26.9 Å². The molecule has 0 fully saturated rings. The van der Waals surface area contributed by atoms with Crippen molar-refractivity contribution < 1.29 is 26.4 Å². The van der Waals surface area contributed by atoms with E-state index in [1.165, 1.54) is 24.5 Å². The van der Waals surface area contributed by atoms with E-state index in [1.807, 2.05) is 6.08 Å². The lowest BCUT2D eigenvalue weighted by Gasteiger charge is -2.15. The second-order valence-electron chi connectivity index (χ2n) is 7.31. The smallest absolute Gasteiger partial charge is 0.287 e. The lowest BCUT2D eigenvalue weighted by molar-refractivity contribution is -0.137. The molecule has 0 saturated heterocycles. The quantitative estimate of drug-likeness (QED) is 0.502. The molecule has 6 nitrogen and oxygen atoms in total. The summed E-state index contributed by atoms with van der Waals surface area (Å²) in [6, 6.07) is 5.13. The van der Waals surface area contributed by atoms with Crippen molar-refractivity contribution in [2.45, 2.75) is 24.4 Å². The second kappa shape index (κ2) is 8.27. The number of pyridine rings is 2. The Kier molecular flexibility index (Phi) is 5.75. The normalized spacial score (nSPS) is 13.1. The molecular formula is C22H15ClF3N3O3S. The van der Waals surface area contributed by atoms with Crippen molar-refractivity contribution in [1.29, 1.82) is 0 Å². The Morgan fingerprint density at radius 1 is 1.15 bits per heavy atom. The van der Waals surface area contributed by atoms with E-state index < -0.39 is 37.5 Å². The minimum Gasteiger partial charge on any atom is -0.287 e. The lowest BCUT2D eigenvalue weighted by Crippen LogP contribution is -2.18. The number of anilines is 1. The number of hydrogen-bond acceptors (Lipinski definition) is 5. The van der Waals surface area contributed by atoms with Crippen LogP contribution in [0, 0.1) is 6.92 Å². The van der Waals surface area contributed by atoms with Gasteiger partial charge in [0.2, 0.25) is 5.78 Å². The number of aryl methyl sites for hydroxylation is 1. The number of carbonyl (C=O) groups excluding carboxylic acids is 1. The summed E-state index contributed by atoms with van der Waals surface area (Å²) in [6.07, 6.45) is 2.19. The molecule has 0 radical (unpaired) electrons. The van der Waals surface area contributed by atoms with Crippen molar-refractivity contribution >= 4 is 39.2 Å². The first kappa shape index (κ1) is 22.9. The Bertz CT molecular complexity index is 1420. The van der Waals surface area contributed by atoms with Gasteiger partial charge in [0.15, 0.2) is 0 Å². The predicted molar refractivity (Wildman–Crippen MR) is 117 cm³/mol. The molecule has 11 heteroatoms. The molecule has 0 bridgehead atoms. The van der Waals surface area contributed by atoms with Crippen molar-refractivity contribution in [1.82, 2.24) is 9.97 Å². The molecule has 2 heterocycles. The fraction of sp³-hybridized carbons (Fsp3) is 0.136. The highest BCUT2D eigenvalue weighted by molar-refractivity contribution is 7.92. The minimum absolute atomic E-state index is 0.156. The first-order valence-electron chi connectivity index (χ1n) is 9.53. The third kappa shape index (κ3) is 4.49. The molecular weight excluding hydrogens is 479 g/mol. The van der Waals surface area contributed by atoms with Crippen LogP contribution in [-0.4, -0.2) is 24.2 Å². The number of halogens is 4. The molecule has 33 heavy (non-hydrogen) atoms. The molecule has 0 amide bonds. The average Bonchev–Trinajstić information content (AvgIpc) is 3.21. The van der Waals surface area contributed by atoms with E-state index >= 15 is 0 Å². The standard InChI is InChI=1S/C22H15ClF3N3O3S/c1-12-9-19(29-33(31,32)13-5-6-17(23)16(10-13)22(24,25)26)20(28-11-12)21(30)15-7-8-27-18-4-2-3-14(15)18/h2-3,5-11,29H,4H2,1H3. The molecule has 3 aromatic rings. The fourth-order valence-electron chi connectivity index (χ4n) is 3.40. The van der Waals surface area contributed by atoms with Crippen molar-refractivity contribution in [2.24, 2.45) is 0 Å². The molecule has 0 aliphatic heterocycles. The van der Waals surface area contributed by atoms with Crippen LogP contribution in [0.1, 0.15) is 38.4 Å². The molecule has 2 aromatic heterocycles. The van der Waals surface area contributed by atoms with Crippen molar-refractivity contribution in [3.63, 3.8) is 0 Å². The number of ketones is 1. The number of nitrogens with one attached hydrogen (secondary N) is 1. The summed E-state index contributed by atoms with van der Waals surface area (Å²) in [5.74, 6) is -0.551. The van der Waals surface area contributed by atoms with Crippen LogP contribution in [0.15, 0.2) is 53.7 Å². The third-order valence-corrected chi connectivity index (χ3v) is 6.64. The molecule has 1 aromatic carbocycles. The van der Waals surface area contributed by atoms with Crippen LogP contribution >= 0.6 is 11.6 Å². The molecule has 0 unspecified atom stereocenters. The van der Waals surface area contributed by atoms with E-state index in [4.69, 9.17) is 11.6 Å². The van der Waals surface area contributed by atoms with E-state index in [2.05, 4.69) is 14.7 Å². The molecule has 1 N–H and O–H groups in total. The molecule has 170 valence electrons. The van der Waals surface area contributed by atoms with Crippen LogP contribution in [-0.2, 0) is 22.6 Å². The minimum atomic E-state index is -4.84. The number of carbonyl (C=O) groups is 1. The van der Waals surface area contributed by atoms with Gasteiger partial charge in [-0.15, -0.1) is 0 Å². The molecule has 1 aliphatic rings. The van der Waals surface area contributed by atoms with Crippen molar-refractivity contribution in [3.05, 3.63) is 87.5 Å². The van der Waals surface area contributed by atoms with Crippen LogP contribution < -0.4 is 4.72 Å². The predicted octanol–water partition coefficient (Wildman–Crippen LogP) is 5.06. The maximum atomic E-state index is 13.3. The number of alkyl halides is 3. The monoisotopic (exact) mass is 493 g/mol. The summed E-state index contributed by atoms with van der Waals surface area (Å²) >= 11 is 5.59. The number of nitrogens with zero attached hydrogens (tertiary/aromatic N) is 2. The Morgan fingerprint density at radius 3 is 2.64 bits per heavy atom. The molecule has 0 atom stereocenters. The van der Waals surface area contributed by atoms with Gasteiger partial charge in [0.1, 0.15) is 5.69 Å². The average molecular weight is 494 g/mol. The number of allylic oxidation sites excluding steroid dienone is 1. The summed E-state index contributed by atoms with van der Waals surface area (Å²) in [5.41, 5.74) is 0.513. The van der Waals surface area contributed by atoms with E-state index in [1.54, 1.807) is 13.0 Å². The Morgan fingerprint density at radius 2 is 1.91 bits per heavy atom. The van der Waals surface area contributed by atoms with E-state index in [0.29, 0.717) is 29.3 Å². The van der Waals surface area contributed by atoms with Crippen LogP contribution in [0.25, 0.3) is 6.08 Å². The number of rotatable bonds is 5. The van der Waals surface area contributed by atoms with Crippen LogP contribution in [0.3, 0.4) is 0 Å². The van der Waals surface area contributed by atoms with Gasteiger partial charge in [-0.25, -0.2) is 8.42 Å². The van der Waals surface area contributed by atoms with E-state index in [0.717, 1.165) is 12.1 Å². The summed E-state index contributed by atoms with van der Waals surface area (Å²) < 4.78 is 67.6. The lowest BCUT2D eigenvalue weighted by atomic mass is 10.0. The number of aromatic nitrogens is 2. The summed E-state index contributed by atoms with van der Waals surface area (Å²) in [4.78, 5) is 20.9. The maximum Gasteiger partial charge on any atom is 0.417 e. The Hall–Kier alpha value is -3.24. The number of hydrogen-bond donors (Lipinski definition) is 1. The van der Waals surface area contributed by atoms with Gasteiger partial charge in [0, 0.05) is 29.9 Å². The third-order valence-electron chi connectivity index (χ3n) is 4.95. The zero-order valence-electron chi connectivity index (χ0n) is 16.9. The highest BCUT2D eigenvalue weighted by Crippen LogP contribution is 2.36. The first-order chi connectivity index (χ1) is 15.5. The molecule has 1 aliphatic carbocycles. The number of benzene rings is 1. The van der Waals surface area contributed by atoms with Crippen LogP contribution in [0.4, 0.5) is 18.9 Å².